The van der Waals surface area contributed by atoms with E-state index in [9.17, 15) is 0 Å². The molecule has 5 heteroatoms. The predicted molar refractivity (Wildman–Crippen MR) is 64.8 cm³/mol. The third-order valence-corrected chi connectivity index (χ3v) is 4.65. The molecule has 88 valence electrons. The molecule has 3 atom stereocenters. The number of aromatic nitrogens is 4. The van der Waals surface area contributed by atoms with Gasteiger partial charge in [-0.2, -0.15) is 0 Å². The molecule has 4 nitrogen and oxygen atoms in total. The van der Waals surface area contributed by atoms with Crippen LogP contribution < -0.4 is 0 Å². The number of halogens is 1. The van der Waals surface area contributed by atoms with Crippen LogP contribution >= 0.6 is 11.6 Å². The van der Waals surface area contributed by atoms with Crippen LogP contribution in [0.15, 0.2) is 12.7 Å². The van der Waals surface area contributed by atoms with E-state index in [1.54, 1.807) is 0 Å². The van der Waals surface area contributed by atoms with Gasteiger partial charge in [0.15, 0.2) is 10.8 Å². The molecular formula is C12H13ClN4. The molecule has 0 aromatic carbocycles. The standard InChI is InChI=1S/C12H13ClN4/c13-11-10-12(15-5-14-11)17(6-16-10)9-4-7-1-2-8(9)3-7/h5-9H,1-4H2/t7-,8-,9+/m1/s1. The zero-order chi connectivity index (χ0) is 11.4. The lowest BCUT2D eigenvalue weighted by Gasteiger charge is -2.23. The van der Waals surface area contributed by atoms with Crippen LogP contribution in [0.3, 0.4) is 0 Å². The lowest BCUT2D eigenvalue weighted by Crippen LogP contribution is -2.15. The Labute approximate surface area is 104 Å². The molecule has 0 N–H and O–H groups in total. The second kappa shape index (κ2) is 3.42. The molecule has 2 bridgehead atoms. The molecule has 4 rings (SSSR count). The highest BCUT2D eigenvalue weighted by atomic mass is 35.5. The van der Waals surface area contributed by atoms with Crippen molar-refractivity contribution in [2.24, 2.45) is 11.8 Å². The molecule has 0 saturated heterocycles. The van der Waals surface area contributed by atoms with Gasteiger partial charge in [-0.3, -0.25) is 0 Å². The highest BCUT2D eigenvalue weighted by Crippen LogP contribution is 2.51. The SMILES string of the molecule is Clc1ncnc2c1ncn2[C@H]1C[C@@H]2CC[C@@H]1C2. The van der Waals surface area contributed by atoms with Gasteiger partial charge in [0.2, 0.25) is 0 Å². The van der Waals surface area contributed by atoms with Crippen LogP contribution in [0.25, 0.3) is 11.2 Å². The van der Waals surface area contributed by atoms with Crippen molar-refractivity contribution < 1.29 is 0 Å². The Morgan fingerprint density at radius 3 is 2.88 bits per heavy atom. The van der Waals surface area contributed by atoms with Crippen molar-refractivity contribution in [3.63, 3.8) is 0 Å². The number of hydrogen-bond acceptors (Lipinski definition) is 3. The van der Waals surface area contributed by atoms with Crippen LogP contribution in [-0.4, -0.2) is 19.5 Å². The Balaban J connectivity index is 1.84. The first-order chi connectivity index (χ1) is 8.33. The van der Waals surface area contributed by atoms with Gasteiger partial charge >= 0.3 is 0 Å². The first-order valence-electron chi connectivity index (χ1n) is 6.16. The van der Waals surface area contributed by atoms with Gasteiger partial charge in [0.25, 0.3) is 0 Å². The van der Waals surface area contributed by atoms with Gasteiger partial charge in [-0.25, -0.2) is 15.0 Å². The third-order valence-electron chi connectivity index (χ3n) is 4.37. The quantitative estimate of drug-likeness (QED) is 0.729. The first-order valence-corrected chi connectivity index (χ1v) is 6.54. The summed E-state index contributed by atoms with van der Waals surface area (Å²) in [4.78, 5) is 12.7. The fraction of sp³-hybridized carbons (Fsp3) is 0.583. The summed E-state index contributed by atoms with van der Waals surface area (Å²) in [5.41, 5.74) is 1.62. The molecule has 2 aliphatic carbocycles. The summed E-state index contributed by atoms with van der Waals surface area (Å²) in [6, 6.07) is 0.574. The molecule has 2 fully saturated rings. The summed E-state index contributed by atoms with van der Waals surface area (Å²) in [6.45, 7) is 0. The summed E-state index contributed by atoms with van der Waals surface area (Å²) in [6.07, 6.45) is 8.82. The van der Waals surface area contributed by atoms with Gasteiger partial charge in [-0.15, -0.1) is 0 Å². The summed E-state index contributed by atoms with van der Waals surface area (Å²) < 4.78 is 2.22. The van der Waals surface area contributed by atoms with Crippen molar-refractivity contribution in [2.75, 3.05) is 0 Å². The maximum atomic E-state index is 6.03. The summed E-state index contributed by atoms with van der Waals surface area (Å²) in [5.74, 6) is 1.73. The molecule has 0 amide bonds. The number of hydrogen-bond donors (Lipinski definition) is 0. The Morgan fingerprint density at radius 1 is 1.18 bits per heavy atom. The number of nitrogens with zero attached hydrogens (tertiary/aromatic N) is 4. The Hall–Kier alpha value is -1.16. The summed E-state index contributed by atoms with van der Waals surface area (Å²) in [5, 5.41) is 0.455. The molecular weight excluding hydrogens is 236 g/mol. The topological polar surface area (TPSA) is 43.6 Å². The van der Waals surface area contributed by atoms with Gasteiger partial charge in [0.05, 0.1) is 6.33 Å². The van der Waals surface area contributed by atoms with E-state index in [1.165, 1.54) is 32.0 Å². The number of imidazole rings is 1. The third kappa shape index (κ3) is 1.33. The number of rotatable bonds is 1. The molecule has 2 aromatic rings. The van der Waals surface area contributed by atoms with Crippen LogP contribution in [0.2, 0.25) is 5.15 Å². The molecule has 2 aromatic heterocycles. The Bertz CT molecular complexity index is 579. The fourth-order valence-corrected chi connectivity index (χ4v) is 3.79. The predicted octanol–water partition coefficient (Wildman–Crippen LogP) is 2.84. The van der Waals surface area contributed by atoms with Gasteiger partial charge < -0.3 is 4.57 Å². The highest BCUT2D eigenvalue weighted by molar-refractivity contribution is 6.33. The normalized spacial score (nSPS) is 31.5. The largest absolute Gasteiger partial charge is 0.312 e. The first kappa shape index (κ1) is 9.83. The van der Waals surface area contributed by atoms with Crippen molar-refractivity contribution >= 4 is 22.8 Å². The van der Waals surface area contributed by atoms with Crippen molar-refractivity contribution in [3.05, 3.63) is 17.8 Å². The summed E-state index contributed by atoms with van der Waals surface area (Å²) in [7, 11) is 0. The molecule has 0 unspecified atom stereocenters. The second-order valence-corrected chi connectivity index (χ2v) is 5.59. The second-order valence-electron chi connectivity index (χ2n) is 5.23. The lowest BCUT2D eigenvalue weighted by molar-refractivity contribution is 0.334. The van der Waals surface area contributed by atoms with E-state index in [4.69, 9.17) is 11.6 Å². The minimum Gasteiger partial charge on any atom is -0.312 e. The molecule has 0 aliphatic heterocycles. The molecule has 17 heavy (non-hydrogen) atoms. The average Bonchev–Trinajstić information content (AvgIpc) is 3.03. The van der Waals surface area contributed by atoms with Crippen LogP contribution in [0.1, 0.15) is 31.7 Å². The van der Waals surface area contributed by atoms with Crippen LogP contribution in [0.5, 0.6) is 0 Å². The van der Waals surface area contributed by atoms with Crippen molar-refractivity contribution in [2.45, 2.75) is 31.7 Å². The van der Waals surface area contributed by atoms with Gasteiger partial charge in [0.1, 0.15) is 11.8 Å². The van der Waals surface area contributed by atoms with Crippen LogP contribution in [0.4, 0.5) is 0 Å². The molecule has 2 aliphatic rings. The van der Waals surface area contributed by atoms with E-state index in [-0.39, 0.29) is 0 Å². The van der Waals surface area contributed by atoms with E-state index in [1.807, 2.05) is 6.33 Å². The summed E-state index contributed by atoms with van der Waals surface area (Å²) >= 11 is 6.03. The van der Waals surface area contributed by atoms with Gasteiger partial charge in [-0.05, 0) is 31.1 Å². The van der Waals surface area contributed by atoms with Crippen LogP contribution in [0, 0.1) is 11.8 Å². The maximum absolute atomic E-state index is 6.03. The van der Waals surface area contributed by atoms with Crippen LogP contribution in [-0.2, 0) is 0 Å². The van der Waals surface area contributed by atoms with E-state index in [0.717, 1.165) is 23.0 Å². The number of fused-ring (bicyclic) bond motifs is 3. The monoisotopic (exact) mass is 248 g/mol. The lowest BCUT2D eigenvalue weighted by atomic mass is 9.95. The molecule has 0 radical (unpaired) electrons. The molecule has 2 heterocycles. The fourth-order valence-electron chi connectivity index (χ4n) is 3.62. The zero-order valence-corrected chi connectivity index (χ0v) is 10.1. The van der Waals surface area contributed by atoms with E-state index in [2.05, 4.69) is 19.5 Å². The molecule has 2 saturated carbocycles. The Kier molecular flexibility index (Phi) is 1.98. The highest BCUT2D eigenvalue weighted by Gasteiger charge is 2.41. The van der Waals surface area contributed by atoms with Crippen molar-refractivity contribution in [1.29, 1.82) is 0 Å². The van der Waals surface area contributed by atoms with E-state index >= 15 is 0 Å². The van der Waals surface area contributed by atoms with E-state index in [0.29, 0.717) is 11.2 Å². The van der Waals surface area contributed by atoms with Gasteiger partial charge in [0, 0.05) is 6.04 Å². The van der Waals surface area contributed by atoms with Crippen molar-refractivity contribution in [1.82, 2.24) is 19.5 Å². The zero-order valence-electron chi connectivity index (χ0n) is 9.38. The maximum Gasteiger partial charge on any atom is 0.165 e. The smallest absolute Gasteiger partial charge is 0.165 e. The van der Waals surface area contributed by atoms with Gasteiger partial charge in [-0.1, -0.05) is 18.0 Å². The van der Waals surface area contributed by atoms with Crippen molar-refractivity contribution in [3.8, 4) is 0 Å². The molecule has 0 spiro atoms. The average molecular weight is 249 g/mol. The Morgan fingerprint density at radius 2 is 2.12 bits per heavy atom. The minimum atomic E-state index is 0.455. The minimum absolute atomic E-state index is 0.455. The van der Waals surface area contributed by atoms with E-state index < -0.39 is 0 Å².